The molecule has 5 nitrogen and oxygen atoms in total. The van der Waals surface area contributed by atoms with Gasteiger partial charge in [-0.15, -0.1) is 0 Å². The smallest absolute Gasteiger partial charge is 0.275 e. The number of aromatic amines is 1. The highest BCUT2D eigenvalue weighted by molar-refractivity contribution is 14.1. The lowest BCUT2D eigenvalue weighted by Crippen LogP contribution is -2.14. The van der Waals surface area contributed by atoms with Crippen LogP contribution in [0.25, 0.3) is 0 Å². The first-order valence-electron chi connectivity index (χ1n) is 4.28. The largest absolute Gasteiger partial charge is 0.305 e. The average Bonchev–Trinajstić information content (AvgIpc) is 2.68. The van der Waals surface area contributed by atoms with Crippen LogP contribution in [-0.4, -0.2) is 21.1 Å². The second-order valence-electron chi connectivity index (χ2n) is 2.91. The lowest BCUT2D eigenvalue weighted by atomic mass is 10.4. The van der Waals surface area contributed by atoms with Crippen molar-refractivity contribution in [2.45, 2.75) is 0 Å². The summed E-state index contributed by atoms with van der Waals surface area (Å²) >= 11 is 5.31. The van der Waals surface area contributed by atoms with Gasteiger partial charge in [0, 0.05) is 10.7 Å². The van der Waals surface area contributed by atoms with Crippen molar-refractivity contribution in [2.24, 2.45) is 0 Å². The summed E-state index contributed by atoms with van der Waals surface area (Å²) in [6.07, 6.45) is 3.21. The molecular formula is C9H6BrIN4O. The van der Waals surface area contributed by atoms with Crippen molar-refractivity contribution < 1.29 is 4.79 Å². The molecule has 0 spiro atoms. The summed E-state index contributed by atoms with van der Waals surface area (Å²) in [5.41, 5.74) is 0.435. The number of hydrogen-bond acceptors (Lipinski definition) is 3. The first-order chi connectivity index (χ1) is 7.66. The van der Waals surface area contributed by atoms with Gasteiger partial charge in [0.15, 0.2) is 0 Å². The minimum absolute atomic E-state index is 0.253. The summed E-state index contributed by atoms with van der Waals surface area (Å²) in [4.78, 5) is 15.8. The molecule has 82 valence electrons. The molecular weight excluding hydrogens is 387 g/mol. The minimum Gasteiger partial charge on any atom is -0.305 e. The van der Waals surface area contributed by atoms with E-state index < -0.39 is 0 Å². The van der Waals surface area contributed by atoms with E-state index in [1.165, 1.54) is 0 Å². The van der Waals surface area contributed by atoms with E-state index in [1.54, 1.807) is 24.5 Å². The molecule has 0 aliphatic heterocycles. The van der Waals surface area contributed by atoms with E-state index in [2.05, 4.69) is 36.4 Å². The molecule has 16 heavy (non-hydrogen) atoms. The van der Waals surface area contributed by atoms with Gasteiger partial charge in [0.25, 0.3) is 5.91 Å². The SMILES string of the molecule is O=C(Nc1ccc(Br)cn1)c1[nH]ncc1I. The van der Waals surface area contributed by atoms with Crippen LogP contribution in [-0.2, 0) is 0 Å². The molecule has 0 fully saturated rings. The fourth-order valence-corrected chi connectivity index (χ4v) is 1.80. The van der Waals surface area contributed by atoms with Crippen molar-refractivity contribution in [3.8, 4) is 0 Å². The average molecular weight is 393 g/mol. The Labute approximate surface area is 113 Å². The normalized spacial score (nSPS) is 10.1. The monoisotopic (exact) mass is 392 g/mol. The van der Waals surface area contributed by atoms with Gasteiger partial charge in [-0.1, -0.05) is 0 Å². The number of rotatable bonds is 2. The van der Waals surface area contributed by atoms with Gasteiger partial charge < -0.3 is 5.32 Å². The van der Waals surface area contributed by atoms with E-state index in [0.29, 0.717) is 11.5 Å². The molecule has 1 amide bonds. The van der Waals surface area contributed by atoms with Crippen LogP contribution in [0.15, 0.2) is 29.0 Å². The third-order valence-corrected chi connectivity index (χ3v) is 3.08. The Kier molecular flexibility index (Phi) is 3.54. The summed E-state index contributed by atoms with van der Waals surface area (Å²) in [6, 6.07) is 3.52. The van der Waals surface area contributed by atoms with E-state index in [9.17, 15) is 4.79 Å². The number of nitrogens with zero attached hydrogens (tertiary/aromatic N) is 2. The van der Waals surface area contributed by atoms with Gasteiger partial charge in [-0.3, -0.25) is 9.89 Å². The van der Waals surface area contributed by atoms with E-state index >= 15 is 0 Å². The van der Waals surface area contributed by atoms with Crippen LogP contribution < -0.4 is 5.32 Å². The highest BCUT2D eigenvalue weighted by Crippen LogP contribution is 2.13. The van der Waals surface area contributed by atoms with Crippen LogP contribution in [0.4, 0.5) is 5.82 Å². The summed E-state index contributed by atoms with van der Waals surface area (Å²) in [5.74, 6) is 0.246. The van der Waals surface area contributed by atoms with Crippen molar-refractivity contribution in [1.29, 1.82) is 0 Å². The van der Waals surface area contributed by atoms with Crippen LogP contribution >= 0.6 is 38.5 Å². The van der Waals surface area contributed by atoms with Crippen molar-refractivity contribution in [3.05, 3.63) is 38.3 Å². The second-order valence-corrected chi connectivity index (χ2v) is 4.99. The van der Waals surface area contributed by atoms with Crippen molar-refractivity contribution >= 4 is 50.2 Å². The highest BCUT2D eigenvalue weighted by atomic mass is 127. The van der Waals surface area contributed by atoms with Gasteiger partial charge in [0.05, 0.1) is 9.77 Å². The van der Waals surface area contributed by atoms with Gasteiger partial charge in [0.2, 0.25) is 0 Å². The highest BCUT2D eigenvalue weighted by Gasteiger charge is 2.12. The predicted octanol–water partition coefficient (Wildman–Crippen LogP) is 2.42. The number of aromatic nitrogens is 3. The van der Waals surface area contributed by atoms with Crippen LogP contribution in [0.5, 0.6) is 0 Å². The number of H-pyrrole nitrogens is 1. The second kappa shape index (κ2) is 4.91. The molecule has 0 aromatic carbocycles. The molecule has 0 unspecified atom stereocenters. The third-order valence-electron chi connectivity index (χ3n) is 1.79. The topological polar surface area (TPSA) is 70.7 Å². The van der Waals surface area contributed by atoms with Crippen molar-refractivity contribution in [2.75, 3.05) is 5.32 Å². The molecule has 0 radical (unpaired) electrons. The van der Waals surface area contributed by atoms with Crippen molar-refractivity contribution in [1.82, 2.24) is 15.2 Å². The van der Waals surface area contributed by atoms with Gasteiger partial charge in [0.1, 0.15) is 11.5 Å². The van der Waals surface area contributed by atoms with Gasteiger partial charge >= 0.3 is 0 Å². The zero-order valence-corrected chi connectivity index (χ0v) is 11.6. The maximum atomic E-state index is 11.7. The van der Waals surface area contributed by atoms with E-state index in [1.807, 2.05) is 22.6 Å². The molecule has 0 bridgehead atoms. The molecule has 2 N–H and O–H groups in total. The molecule has 0 aliphatic carbocycles. The van der Waals surface area contributed by atoms with Gasteiger partial charge in [-0.2, -0.15) is 5.10 Å². The fraction of sp³-hybridized carbons (Fsp3) is 0. The number of halogens is 2. The minimum atomic E-state index is -0.253. The molecule has 2 rings (SSSR count). The van der Waals surface area contributed by atoms with Gasteiger partial charge in [-0.25, -0.2) is 4.98 Å². The van der Waals surface area contributed by atoms with Crippen LogP contribution in [0.2, 0.25) is 0 Å². The van der Waals surface area contributed by atoms with E-state index in [-0.39, 0.29) is 5.91 Å². The Morgan fingerprint density at radius 1 is 1.44 bits per heavy atom. The van der Waals surface area contributed by atoms with E-state index in [4.69, 9.17) is 0 Å². The number of hydrogen-bond donors (Lipinski definition) is 2. The Balaban J connectivity index is 2.14. The number of nitrogens with one attached hydrogen (secondary N) is 2. The molecule has 2 heterocycles. The first-order valence-corrected chi connectivity index (χ1v) is 6.16. The Morgan fingerprint density at radius 3 is 2.81 bits per heavy atom. The summed E-state index contributed by atoms with van der Waals surface area (Å²) < 4.78 is 1.63. The van der Waals surface area contributed by atoms with Gasteiger partial charge in [-0.05, 0) is 50.7 Å². The molecule has 2 aromatic heterocycles. The summed E-state index contributed by atoms with van der Waals surface area (Å²) in [5, 5.41) is 9.07. The molecule has 0 atom stereocenters. The molecule has 2 aromatic rings. The lowest BCUT2D eigenvalue weighted by molar-refractivity contribution is 0.102. The Hall–Kier alpha value is -0.960. The zero-order chi connectivity index (χ0) is 11.5. The number of pyridine rings is 1. The van der Waals surface area contributed by atoms with Crippen LogP contribution in [0.3, 0.4) is 0 Å². The fourth-order valence-electron chi connectivity index (χ4n) is 1.06. The number of anilines is 1. The first kappa shape index (κ1) is 11.5. The molecule has 7 heteroatoms. The number of carbonyl (C=O) groups excluding carboxylic acids is 1. The summed E-state index contributed by atoms with van der Waals surface area (Å²) in [6.45, 7) is 0. The third kappa shape index (κ3) is 2.59. The quantitative estimate of drug-likeness (QED) is 0.771. The van der Waals surface area contributed by atoms with Crippen LogP contribution in [0.1, 0.15) is 10.5 Å². The van der Waals surface area contributed by atoms with Crippen LogP contribution in [0, 0.1) is 3.57 Å². The zero-order valence-electron chi connectivity index (χ0n) is 7.87. The Morgan fingerprint density at radius 2 is 2.25 bits per heavy atom. The summed E-state index contributed by atoms with van der Waals surface area (Å²) in [7, 11) is 0. The lowest BCUT2D eigenvalue weighted by Gasteiger charge is -2.02. The number of carbonyl (C=O) groups is 1. The Bertz CT molecular complexity index is 510. The number of amides is 1. The standard InChI is InChI=1S/C9H6BrIN4O/c10-5-1-2-7(12-3-5)14-9(16)8-6(11)4-13-15-8/h1-4H,(H,13,15)(H,12,14,16). The maximum absolute atomic E-state index is 11.7. The maximum Gasteiger partial charge on any atom is 0.275 e. The molecule has 0 saturated carbocycles. The van der Waals surface area contributed by atoms with E-state index in [0.717, 1.165) is 8.04 Å². The molecule has 0 aliphatic rings. The molecule has 0 saturated heterocycles. The van der Waals surface area contributed by atoms with Crippen molar-refractivity contribution in [3.63, 3.8) is 0 Å². The predicted molar refractivity (Wildman–Crippen MR) is 71.2 cm³/mol.